The zero-order valence-electron chi connectivity index (χ0n) is 8.37. The number of hydrogen-bond donors (Lipinski definition) is 2. The van der Waals surface area contributed by atoms with Crippen molar-refractivity contribution in [3.63, 3.8) is 0 Å². The number of rotatable bonds is 3. The van der Waals surface area contributed by atoms with Crippen LogP contribution in [0.4, 0.5) is 10.1 Å². The molecule has 1 saturated carbocycles. The van der Waals surface area contributed by atoms with Crippen LogP contribution < -0.4 is 5.32 Å². The highest BCUT2D eigenvalue weighted by molar-refractivity contribution is 5.99. The van der Waals surface area contributed by atoms with Gasteiger partial charge in [-0.3, -0.25) is 4.79 Å². The summed E-state index contributed by atoms with van der Waals surface area (Å²) in [5.74, 6) is -1.70. The minimum absolute atomic E-state index is 0.124. The summed E-state index contributed by atoms with van der Waals surface area (Å²) in [6.45, 7) is 0. The SMILES string of the molecule is O=C(O)c1ccc(NC(=O)C2(F)CC2)cc1. The third kappa shape index (κ3) is 2.03. The van der Waals surface area contributed by atoms with Crippen molar-refractivity contribution in [2.75, 3.05) is 5.32 Å². The average molecular weight is 223 g/mol. The first kappa shape index (κ1) is 10.6. The normalized spacial score (nSPS) is 16.6. The van der Waals surface area contributed by atoms with Crippen molar-refractivity contribution in [2.45, 2.75) is 18.5 Å². The molecule has 2 N–H and O–H groups in total. The van der Waals surface area contributed by atoms with Gasteiger partial charge in [0.2, 0.25) is 0 Å². The molecule has 1 aromatic carbocycles. The van der Waals surface area contributed by atoms with Crippen molar-refractivity contribution in [1.82, 2.24) is 0 Å². The Balaban J connectivity index is 2.05. The van der Waals surface area contributed by atoms with Gasteiger partial charge in [0.15, 0.2) is 5.67 Å². The third-order valence-electron chi connectivity index (χ3n) is 2.49. The minimum Gasteiger partial charge on any atom is -0.478 e. The summed E-state index contributed by atoms with van der Waals surface area (Å²) in [7, 11) is 0. The van der Waals surface area contributed by atoms with E-state index in [1.165, 1.54) is 24.3 Å². The Labute approximate surface area is 91.1 Å². The highest BCUT2D eigenvalue weighted by Crippen LogP contribution is 2.40. The highest BCUT2D eigenvalue weighted by Gasteiger charge is 2.50. The number of amides is 1. The molecule has 0 saturated heterocycles. The second-order valence-corrected chi connectivity index (χ2v) is 3.80. The molecule has 0 spiro atoms. The highest BCUT2D eigenvalue weighted by atomic mass is 19.1. The van der Waals surface area contributed by atoms with Crippen LogP contribution in [-0.2, 0) is 4.79 Å². The van der Waals surface area contributed by atoms with Gasteiger partial charge < -0.3 is 10.4 Å². The summed E-state index contributed by atoms with van der Waals surface area (Å²) in [4.78, 5) is 21.9. The minimum atomic E-state index is -1.72. The van der Waals surface area contributed by atoms with E-state index in [1.54, 1.807) is 0 Å². The lowest BCUT2D eigenvalue weighted by atomic mass is 10.2. The number of nitrogens with one attached hydrogen (secondary N) is 1. The number of anilines is 1. The van der Waals surface area contributed by atoms with Gasteiger partial charge in [0, 0.05) is 5.69 Å². The van der Waals surface area contributed by atoms with Crippen molar-refractivity contribution in [1.29, 1.82) is 0 Å². The average Bonchev–Trinajstić information content (AvgIpc) is 2.99. The number of alkyl halides is 1. The van der Waals surface area contributed by atoms with Crippen LogP contribution in [0.5, 0.6) is 0 Å². The lowest BCUT2D eigenvalue weighted by Crippen LogP contribution is -2.25. The number of carboxylic acids is 1. The summed E-state index contributed by atoms with van der Waals surface area (Å²) >= 11 is 0. The van der Waals surface area contributed by atoms with E-state index in [4.69, 9.17) is 5.11 Å². The number of hydrogen-bond acceptors (Lipinski definition) is 2. The Morgan fingerprint density at radius 3 is 2.25 bits per heavy atom. The molecule has 0 radical (unpaired) electrons. The lowest BCUT2D eigenvalue weighted by molar-refractivity contribution is -0.122. The second-order valence-electron chi connectivity index (χ2n) is 3.80. The van der Waals surface area contributed by atoms with Crippen LogP contribution >= 0.6 is 0 Å². The van der Waals surface area contributed by atoms with E-state index in [0.717, 1.165) is 0 Å². The molecule has 0 atom stereocenters. The van der Waals surface area contributed by atoms with E-state index < -0.39 is 17.5 Å². The van der Waals surface area contributed by atoms with Crippen LogP contribution in [-0.4, -0.2) is 22.7 Å². The molecule has 0 aromatic heterocycles. The molecule has 0 aliphatic heterocycles. The van der Waals surface area contributed by atoms with E-state index in [9.17, 15) is 14.0 Å². The molecular weight excluding hydrogens is 213 g/mol. The molecule has 1 aliphatic carbocycles. The Morgan fingerprint density at radius 1 is 1.25 bits per heavy atom. The Kier molecular flexibility index (Phi) is 2.38. The summed E-state index contributed by atoms with van der Waals surface area (Å²) in [6.07, 6.45) is 0.512. The Hall–Kier alpha value is -1.91. The van der Waals surface area contributed by atoms with Gasteiger partial charge in [-0.2, -0.15) is 0 Å². The molecule has 0 bridgehead atoms. The number of halogens is 1. The second kappa shape index (κ2) is 3.59. The molecule has 1 aromatic rings. The van der Waals surface area contributed by atoms with Crippen molar-refractivity contribution in [3.8, 4) is 0 Å². The van der Waals surface area contributed by atoms with E-state index >= 15 is 0 Å². The molecule has 5 heteroatoms. The van der Waals surface area contributed by atoms with Crippen molar-refractivity contribution >= 4 is 17.6 Å². The zero-order chi connectivity index (χ0) is 11.8. The van der Waals surface area contributed by atoms with Crippen LogP contribution in [0.1, 0.15) is 23.2 Å². The summed E-state index contributed by atoms with van der Waals surface area (Å²) in [6, 6.07) is 5.59. The number of benzene rings is 1. The summed E-state index contributed by atoms with van der Waals surface area (Å²) in [5.41, 5.74) is -1.19. The predicted molar refractivity (Wildman–Crippen MR) is 55.1 cm³/mol. The van der Waals surface area contributed by atoms with E-state index in [0.29, 0.717) is 5.69 Å². The Bertz CT molecular complexity index is 437. The fraction of sp³-hybridized carbons (Fsp3) is 0.273. The van der Waals surface area contributed by atoms with Gasteiger partial charge in [0.25, 0.3) is 5.91 Å². The van der Waals surface area contributed by atoms with Gasteiger partial charge in [0.05, 0.1) is 5.56 Å². The van der Waals surface area contributed by atoms with Gasteiger partial charge in [-0.15, -0.1) is 0 Å². The molecule has 1 aliphatic rings. The molecule has 84 valence electrons. The van der Waals surface area contributed by atoms with Crippen molar-refractivity contribution < 1.29 is 19.1 Å². The topological polar surface area (TPSA) is 66.4 Å². The van der Waals surface area contributed by atoms with E-state index in [1.807, 2.05) is 0 Å². The maximum absolute atomic E-state index is 13.3. The van der Waals surface area contributed by atoms with Gasteiger partial charge in [-0.25, -0.2) is 9.18 Å². The molecule has 1 fully saturated rings. The molecule has 4 nitrogen and oxygen atoms in total. The molecule has 2 rings (SSSR count). The third-order valence-corrected chi connectivity index (χ3v) is 2.49. The Morgan fingerprint density at radius 2 is 1.81 bits per heavy atom. The van der Waals surface area contributed by atoms with Crippen LogP contribution in [0.25, 0.3) is 0 Å². The maximum Gasteiger partial charge on any atom is 0.335 e. The number of carboxylic acid groups (broad SMARTS) is 1. The van der Waals surface area contributed by atoms with Gasteiger partial charge in [-0.1, -0.05) is 0 Å². The van der Waals surface area contributed by atoms with Crippen LogP contribution in [0.15, 0.2) is 24.3 Å². The van der Waals surface area contributed by atoms with Gasteiger partial charge in [0.1, 0.15) is 0 Å². The standard InChI is InChI=1S/C11H10FNO3/c12-11(5-6-11)10(16)13-8-3-1-7(2-4-8)9(14)15/h1-4H,5-6H2,(H,13,16)(H,14,15). The lowest BCUT2D eigenvalue weighted by Gasteiger charge is -2.07. The molecular formula is C11H10FNO3. The van der Waals surface area contributed by atoms with Crippen LogP contribution in [0, 0.1) is 0 Å². The first-order chi connectivity index (χ1) is 7.51. The van der Waals surface area contributed by atoms with E-state index in [-0.39, 0.29) is 18.4 Å². The van der Waals surface area contributed by atoms with Gasteiger partial charge in [-0.05, 0) is 37.1 Å². The number of aromatic carboxylic acids is 1. The molecule has 0 heterocycles. The largest absolute Gasteiger partial charge is 0.478 e. The molecule has 0 unspecified atom stereocenters. The molecule has 1 amide bonds. The molecule has 16 heavy (non-hydrogen) atoms. The van der Waals surface area contributed by atoms with E-state index in [2.05, 4.69) is 5.32 Å². The fourth-order valence-electron chi connectivity index (χ4n) is 1.28. The first-order valence-corrected chi connectivity index (χ1v) is 4.85. The van der Waals surface area contributed by atoms with Crippen LogP contribution in [0.3, 0.4) is 0 Å². The monoisotopic (exact) mass is 223 g/mol. The van der Waals surface area contributed by atoms with Crippen molar-refractivity contribution in [3.05, 3.63) is 29.8 Å². The zero-order valence-corrected chi connectivity index (χ0v) is 8.37. The first-order valence-electron chi connectivity index (χ1n) is 4.85. The summed E-state index contributed by atoms with van der Waals surface area (Å²) < 4.78 is 13.3. The quantitative estimate of drug-likeness (QED) is 0.821. The number of carbonyl (C=O) groups is 2. The van der Waals surface area contributed by atoms with Crippen molar-refractivity contribution in [2.24, 2.45) is 0 Å². The number of carbonyl (C=O) groups excluding carboxylic acids is 1. The van der Waals surface area contributed by atoms with Gasteiger partial charge >= 0.3 is 5.97 Å². The summed E-state index contributed by atoms with van der Waals surface area (Å²) in [5, 5.41) is 11.1. The maximum atomic E-state index is 13.3. The van der Waals surface area contributed by atoms with Crippen LogP contribution in [0.2, 0.25) is 0 Å². The smallest absolute Gasteiger partial charge is 0.335 e. The fourth-order valence-corrected chi connectivity index (χ4v) is 1.28. The predicted octanol–water partition coefficient (Wildman–Crippen LogP) is 1.83.